The quantitative estimate of drug-likeness (QED) is 0.659. The zero-order chi connectivity index (χ0) is 15.0. The number of hydrogen-bond acceptors (Lipinski definition) is 6. The van der Waals surface area contributed by atoms with Crippen molar-refractivity contribution in [3.63, 3.8) is 0 Å². The molecule has 6 heteroatoms. The fourth-order valence-corrected chi connectivity index (χ4v) is 1.93. The maximum atomic E-state index is 9.56. The lowest BCUT2D eigenvalue weighted by molar-refractivity contribution is 0.183. The molecule has 0 aliphatic carbocycles. The Kier molecular flexibility index (Phi) is 7.14. The normalized spacial score (nSPS) is 12.1. The van der Waals surface area contributed by atoms with E-state index in [0.717, 1.165) is 5.56 Å². The lowest BCUT2D eigenvalue weighted by Crippen LogP contribution is -2.28. The van der Waals surface area contributed by atoms with Crippen LogP contribution in [0.5, 0.6) is 17.2 Å². The molecule has 0 fully saturated rings. The smallest absolute Gasteiger partial charge is 0.164 e. The Labute approximate surface area is 119 Å². The maximum absolute atomic E-state index is 9.56. The molecule has 1 unspecified atom stereocenters. The molecule has 1 aromatic rings. The minimum absolute atomic E-state index is 0.0600. The summed E-state index contributed by atoms with van der Waals surface area (Å²) < 4.78 is 20.9. The Bertz CT molecular complexity index is 411. The number of aliphatic hydroxyl groups is 1. The summed E-state index contributed by atoms with van der Waals surface area (Å²) in [5.41, 5.74) is 0.809. The second-order valence-corrected chi connectivity index (χ2v) is 4.13. The molecule has 1 aromatic carbocycles. The van der Waals surface area contributed by atoms with Gasteiger partial charge in [0.25, 0.3) is 0 Å². The van der Waals surface area contributed by atoms with Crippen LogP contribution < -0.4 is 19.5 Å². The van der Waals surface area contributed by atoms with Gasteiger partial charge < -0.3 is 29.4 Å². The number of ether oxygens (including phenoxy) is 4. The van der Waals surface area contributed by atoms with Crippen LogP contribution in [-0.4, -0.2) is 53.3 Å². The average Bonchev–Trinajstić information content (AvgIpc) is 2.50. The lowest BCUT2D eigenvalue weighted by atomic mass is 10.1. The van der Waals surface area contributed by atoms with Gasteiger partial charge >= 0.3 is 0 Å². The van der Waals surface area contributed by atoms with E-state index in [9.17, 15) is 5.11 Å². The van der Waals surface area contributed by atoms with Gasteiger partial charge in [-0.2, -0.15) is 0 Å². The summed E-state index contributed by atoms with van der Waals surface area (Å²) in [5, 5.41) is 12.8. The van der Waals surface area contributed by atoms with Crippen molar-refractivity contribution in [1.82, 2.24) is 5.32 Å². The molecule has 0 aromatic heterocycles. The van der Waals surface area contributed by atoms with E-state index < -0.39 is 0 Å². The number of benzene rings is 1. The molecule has 0 aliphatic heterocycles. The second-order valence-electron chi connectivity index (χ2n) is 4.13. The van der Waals surface area contributed by atoms with E-state index >= 15 is 0 Å². The van der Waals surface area contributed by atoms with E-state index in [4.69, 9.17) is 18.9 Å². The van der Waals surface area contributed by atoms with E-state index in [0.29, 0.717) is 30.4 Å². The van der Waals surface area contributed by atoms with E-state index in [1.165, 1.54) is 0 Å². The minimum atomic E-state index is -0.264. The number of hydrogen-bond donors (Lipinski definition) is 2. The van der Waals surface area contributed by atoms with Gasteiger partial charge in [0.1, 0.15) is 5.75 Å². The van der Waals surface area contributed by atoms with Crippen LogP contribution in [0.25, 0.3) is 0 Å². The predicted octanol–water partition coefficient (Wildman–Crippen LogP) is 0.982. The summed E-state index contributed by atoms with van der Waals surface area (Å²) in [6.07, 6.45) is 0. The molecule has 114 valence electrons. The third kappa shape index (κ3) is 4.00. The second kappa shape index (κ2) is 8.63. The molecular weight excluding hydrogens is 262 g/mol. The molecule has 0 saturated carbocycles. The van der Waals surface area contributed by atoms with Crippen molar-refractivity contribution in [3.8, 4) is 17.2 Å². The fourth-order valence-electron chi connectivity index (χ4n) is 1.93. The average molecular weight is 285 g/mol. The summed E-state index contributed by atoms with van der Waals surface area (Å²) in [6, 6.07) is 3.28. The van der Waals surface area contributed by atoms with Crippen molar-refractivity contribution in [3.05, 3.63) is 17.7 Å². The number of nitrogens with one attached hydrogen (secondary N) is 1. The molecule has 0 spiro atoms. The highest BCUT2D eigenvalue weighted by atomic mass is 16.5. The van der Waals surface area contributed by atoms with Crippen LogP contribution in [0.1, 0.15) is 11.6 Å². The molecular formula is C14H23NO5. The highest BCUT2D eigenvalue weighted by Gasteiger charge is 2.19. The number of methoxy groups -OCH3 is 4. The van der Waals surface area contributed by atoms with Gasteiger partial charge in [0.2, 0.25) is 0 Å². The fraction of sp³-hybridized carbons (Fsp3) is 0.571. The number of aliphatic hydroxyl groups excluding tert-OH is 1. The summed E-state index contributed by atoms with van der Waals surface area (Å²) in [4.78, 5) is 0. The van der Waals surface area contributed by atoms with Gasteiger partial charge in [-0.25, -0.2) is 0 Å². The summed E-state index contributed by atoms with van der Waals surface area (Å²) in [5.74, 6) is 1.81. The van der Waals surface area contributed by atoms with Gasteiger partial charge in [0, 0.05) is 25.3 Å². The largest absolute Gasteiger partial charge is 0.496 e. The Morgan fingerprint density at radius 2 is 1.60 bits per heavy atom. The van der Waals surface area contributed by atoms with Crippen LogP contribution in [0.2, 0.25) is 0 Å². The highest BCUT2D eigenvalue weighted by molar-refractivity contribution is 5.51. The van der Waals surface area contributed by atoms with Crippen molar-refractivity contribution in [2.45, 2.75) is 6.04 Å². The minimum Gasteiger partial charge on any atom is -0.496 e. The zero-order valence-electron chi connectivity index (χ0n) is 12.4. The molecule has 6 nitrogen and oxygen atoms in total. The van der Waals surface area contributed by atoms with Gasteiger partial charge in [-0.1, -0.05) is 0 Å². The van der Waals surface area contributed by atoms with Crippen molar-refractivity contribution < 1.29 is 24.1 Å². The Hall–Kier alpha value is -1.50. The SMILES string of the molecule is COCCNC(CO)c1cc(OC)c(OC)cc1OC. The summed E-state index contributed by atoms with van der Waals surface area (Å²) in [7, 11) is 6.35. The van der Waals surface area contributed by atoms with Crippen LogP contribution in [-0.2, 0) is 4.74 Å². The molecule has 0 amide bonds. The molecule has 20 heavy (non-hydrogen) atoms. The van der Waals surface area contributed by atoms with Crippen LogP contribution in [0.4, 0.5) is 0 Å². The van der Waals surface area contributed by atoms with Gasteiger partial charge in [-0.15, -0.1) is 0 Å². The van der Waals surface area contributed by atoms with Crippen molar-refractivity contribution in [2.75, 3.05) is 48.2 Å². The molecule has 0 saturated heterocycles. The molecule has 0 heterocycles. The van der Waals surface area contributed by atoms with Crippen LogP contribution >= 0.6 is 0 Å². The lowest BCUT2D eigenvalue weighted by Gasteiger charge is -2.21. The molecule has 2 N–H and O–H groups in total. The molecule has 1 atom stereocenters. The van der Waals surface area contributed by atoms with E-state index in [-0.39, 0.29) is 12.6 Å². The topological polar surface area (TPSA) is 69.2 Å². The standard InChI is InChI=1S/C14H23NO5/c1-17-6-5-15-11(9-16)10-7-13(19-3)14(20-4)8-12(10)18-2/h7-8,11,15-16H,5-6,9H2,1-4H3. The molecule has 0 aliphatic rings. The van der Waals surface area contributed by atoms with Crippen molar-refractivity contribution in [2.24, 2.45) is 0 Å². The molecule has 1 rings (SSSR count). The molecule has 0 bridgehead atoms. The maximum Gasteiger partial charge on any atom is 0.164 e. The Balaban J connectivity index is 3.05. The Morgan fingerprint density at radius 1 is 1.00 bits per heavy atom. The third-order valence-corrected chi connectivity index (χ3v) is 2.99. The van der Waals surface area contributed by atoms with Crippen LogP contribution in [0.15, 0.2) is 12.1 Å². The zero-order valence-corrected chi connectivity index (χ0v) is 12.4. The van der Waals surface area contributed by atoms with Gasteiger partial charge in [0.15, 0.2) is 11.5 Å². The van der Waals surface area contributed by atoms with E-state index in [2.05, 4.69) is 5.32 Å². The van der Waals surface area contributed by atoms with Gasteiger partial charge in [-0.05, 0) is 6.07 Å². The van der Waals surface area contributed by atoms with Gasteiger partial charge in [-0.3, -0.25) is 0 Å². The van der Waals surface area contributed by atoms with Gasteiger partial charge in [0.05, 0.1) is 40.6 Å². The monoisotopic (exact) mass is 285 g/mol. The third-order valence-electron chi connectivity index (χ3n) is 2.99. The first-order chi connectivity index (χ1) is 9.71. The first kappa shape index (κ1) is 16.6. The van der Waals surface area contributed by atoms with Crippen molar-refractivity contribution >= 4 is 0 Å². The first-order valence-electron chi connectivity index (χ1n) is 6.34. The summed E-state index contributed by atoms with van der Waals surface area (Å²) in [6.45, 7) is 1.13. The van der Waals surface area contributed by atoms with Crippen LogP contribution in [0, 0.1) is 0 Å². The highest BCUT2D eigenvalue weighted by Crippen LogP contribution is 2.37. The van der Waals surface area contributed by atoms with Crippen molar-refractivity contribution in [1.29, 1.82) is 0 Å². The van der Waals surface area contributed by atoms with Crippen LogP contribution in [0.3, 0.4) is 0 Å². The Morgan fingerprint density at radius 3 is 2.10 bits per heavy atom. The molecule has 0 radical (unpaired) electrons. The van der Waals surface area contributed by atoms with E-state index in [1.54, 1.807) is 40.6 Å². The summed E-state index contributed by atoms with van der Waals surface area (Å²) >= 11 is 0. The number of rotatable bonds is 9. The predicted molar refractivity (Wildman–Crippen MR) is 75.8 cm³/mol. The van der Waals surface area contributed by atoms with E-state index in [1.807, 2.05) is 0 Å². The first-order valence-corrected chi connectivity index (χ1v) is 6.34.